The molecule has 4 heteroatoms. The van der Waals surface area contributed by atoms with Crippen LogP contribution in [0.5, 0.6) is 0 Å². The maximum atomic E-state index is 12.0. The van der Waals surface area contributed by atoms with Crippen LogP contribution in [0.3, 0.4) is 0 Å². The quantitative estimate of drug-likeness (QED) is 0.770. The molecule has 0 aliphatic carbocycles. The lowest BCUT2D eigenvalue weighted by molar-refractivity contribution is -0.150. The predicted molar refractivity (Wildman–Crippen MR) is 56.4 cm³/mol. The van der Waals surface area contributed by atoms with Crippen LogP contribution in [-0.4, -0.2) is 34.5 Å². The Hall–Kier alpha value is -1.06. The molecule has 1 saturated heterocycles. The lowest BCUT2D eigenvalue weighted by Crippen LogP contribution is -2.43. The average molecular weight is 213 g/mol. The van der Waals surface area contributed by atoms with Crippen LogP contribution in [-0.2, 0) is 9.59 Å². The van der Waals surface area contributed by atoms with Crippen molar-refractivity contribution in [3.8, 4) is 0 Å². The molecular formula is C11H19NO3. The Bertz CT molecular complexity index is 263. The van der Waals surface area contributed by atoms with Crippen molar-refractivity contribution in [2.45, 2.75) is 39.7 Å². The molecule has 1 amide bonds. The van der Waals surface area contributed by atoms with E-state index in [1.54, 1.807) is 0 Å². The van der Waals surface area contributed by atoms with Gasteiger partial charge in [-0.1, -0.05) is 20.8 Å². The zero-order valence-corrected chi connectivity index (χ0v) is 9.56. The van der Waals surface area contributed by atoms with Crippen molar-refractivity contribution in [1.29, 1.82) is 0 Å². The van der Waals surface area contributed by atoms with E-state index in [1.165, 1.54) is 4.90 Å². The van der Waals surface area contributed by atoms with Crippen molar-refractivity contribution in [3.05, 3.63) is 0 Å². The van der Waals surface area contributed by atoms with E-state index < -0.39 is 12.0 Å². The first-order valence-corrected chi connectivity index (χ1v) is 5.48. The van der Waals surface area contributed by atoms with E-state index in [4.69, 9.17) is 5.11 Å². The van der Waals surface area contributed by atoms with E-state index in [0.717, 1.165) is 6.42 Å². The minimum atomic E-state index is -0.878. The fourth-order valence-electron chi connectivity index (χ4n) is 1.83. The smallest absolute Gasteiger partial charge is 0.326 e. The fourth-order valence-corrected chi connectivity index (χ4v) is 1.83. The molecule has 86 valence electrons. The van der Waals surface area contributed by atoms with Crippen LogP contribution in [0.4, 0.5) is 0 Å². The van der Waals surface area contributed by atoms with Gasteiger partial charge in [0.1, 0.15) is 6.04 Å². The second kappa shape index (κ2) is 4.64. The Balaban J connectivity index is 2.70. The summed E-state index contributed by atoms with van der Waals surface area (Å²) in [5.41, 5.74) is 0. The van der Waals surface area contributed by atoms with E-state index in [1.807, 2.05) is 20.8 Å². The van der Waals surface area contributed by atoms with Crippen LogP contribution in [0.1, 0.15) is 33.6 Å². The van der Waals surface area contributed by atoms with Gasteiger partial charge >= 0.3 is 5.97 Å². The third kappa shape index (κ3) is 2.49. The Morgan fingerprint density at radius 2 is 1.93 bits per heavy atom. The van der Waals surface area contributed by atoms with Gasteiger partial charge in [-0.3, -0.25) is 4.79 Å². The summed E-state index contributed by atoms with van der Waals surface area (Å²) < 4.78 is 0. The number of carboxylic acid groups (broad SMARTS) is 1. The molecule has 0 aromatic rings. The molecule has 1 aliphatic rings. The van der Waals surface area contributed by atoms with Crippen LogP contribution >= 0.6 is 0 Å². The summed E-state index contributed by atoms with van der Waals surface area (Å²) in [7, 11) is 0. The minimum absolute atomic E-state index is 0.0186. The van der Waals surface area contributed by atoms with Gasteiger partial charge < -0.3 is 10.0 Å². The summed E-state index contributed by atoms with van der Waals surface area (Å²) in [4.78, 5) is 24.4. The second-order valence-corrected chi connectivity index (χ2v) is 4.56. The van der Waals surface area contributed by atoms with Gasteiger partial charge in [-0.15, -0.1) is 0 Å². The molecule has 1 aliphatic heterocycles. The molecule has 0 bridgehead atoms. The highest BCUT2D eigenvalue weighted by Gasteiger charge is 2.36. The molecular weight excluding hydrogens is 194 g/mol. The summed E-state index contributed by atoms with van der Waals surface area (Å²) in [6, 6.07) is -0.598. The Kier molecular flexibility index (Phi) is 3.72. The lowest BCUT2D eigenvalue weighted by Gasteiger charge is -2.26. The number of carboxylic acids is 1. The maximum absolute atomic E-state index is 12.0. The lowest BCUT2D eigenvalue weighted by atomic mass is 9.96. The fraction of sp³-hybridized carbons (Fsp3) is 0.818. The van der Waals surface area contributed by atoms with Crippen LogP contribution in [0, 0.1) is 11.8 Å². The SMILES string of the molecule is CC(C)C(C)C(=O)N1CCC[C@H]1C(=O)O. The third-order valence-electron chi connectivity index (χ3n) is 3.21. The number of nitrogens with zero attached hydrogens (tertiary/aromatic N) is 1. The zero-order valence-electron chi connectivity index (χ0n) is 9.56. The number of amides is 1. The van der Waals surface area contributed by atoms with Crippen molar-refractivity contribution in [2.75, 3.05) is 6.54 Å². The van der Waals surface area contributed by atoms with Gasteiger partial charge in [-0.05, 0) is 18.8 Å². The standard InChI is InChI=1S/C11H19NO3/c1-7(2)8(3)10(13)12-6-4-5-9(12)11(14)15/h7-9H,4-6H2,1-3H3,(H,14,15)/t8?,9-/m0/s1. The predicted octanol–water partition coefficient (Wildman–Crippen LogP) is 1.35. The van der Waals surface area contributed by atoms with Crippen molar-refractivity contribution >= 4 is 11.9 Å². The van der Waals surface area contributed by atoms with E-state index in [0.29, 0.717) is 13.0 Å². The summed E-state index contributed by atoms with van der Waals surface area (Å²) in [5, 5.41) is 8.96. The first-order chi connectivity index (χ1) is 6.95. The molecule has 1 rings (SSSR count). The number of carbonyl (C=O) groups is 2. The highest BCUT2D eigenvalue weighted by atomic mass is 16.4. The molecule has 0 aromatic heterocycles. The molecule has 1 heterocycles. The number of hydrogen-bond acceptors (Lipinski definition) is 2. The van der Waals surface area contributed by atoms with E-state index in [2.05, 4.69) is 0 Å². The molecule has 15 heavy (non-hydrogen) atoms. The monoisotopic (exact) mass is 213 g/mol. The summed E-state index contributed by atoms with van der Waals surface area (Å²) in [6.45, 7) is 6.42. The largest absolute Gasteiger partial charge is 0.480 e. The first kappa shape index (κ1) is 12.0. The van der Waals surface area contributed by atoms with E-state index >= 15 is 0 Å². The van der Waals surface area contributed by atoms with Gasteiger partial charge in [-0.2, -0.15) is 0 Å². The molecule has 2 atom stereocenters. The number of likely N-dealkylation sites (tertiary alicyclic amines) is 1. The van der Waals surface area contributed by atoms with Gasteiger partial charge in [0, 0.05) is 12.5 Å². The maximum Gasteiger partial charge on any atom is 0.326 e. The van der Waals surface area contributed by atoms with Gasteiger partial charge in [0.05, 0.1) is 0 Å². The molecule has 0 radical (unpaired) electrons. The third-order valence-corrected chi connectivity index (χ3v) is 3.21. The number of rotatable bonds is 3. The van der Waals surface area contributed by atoms with Crippen LogP contribution in [0.15, 0.2) is 0 Å². The van der Waals surface area contributed by atoms with Crippen LogP contribution in [0.2, 0.25) is 0 Å². The van der Waals surface area contributed by atoms with Crippen molar-refractivity contribution in [2.24, 2.45) is 11.8 Å². The van der Waals surface area contributed by atoms with Gasteiger partial charge in [0.2, 0.25) is 5.91 Å². The Labute approximate surface area is 90.3 Å². The summed E-state index contributed by atoms with van der Waals surface area (Å²) in [6.07, 6.45) is 1.39. The first-order valence-electron chi connectivity index (χ1n) is 5.48. The summed E-state index contributed by atoms with van der Waals surface area (Å²) >= 11 is 0. The van der Waals surface area contributed by atoms with Crippen molar-refractivity contribution in [3.63, 3.8) is 0 Å². The van der Waals surface area contributed by atoms with Crippen LogP contribution < -0.4 is 0 Å². The Morgan fingerprint density at radius 3 is 2.40 bits per heavy atom. The molecule has 0 spiro atoms. The molecule has 1 fully saturated rings. The van der Waals surface area contributed by atoms with Crippen molar-refractivity contribution in [1.82, 2.24) is 4.90 Å². The zero-order chi connectivity index (χ0) is 11.6. The molecule has 4 nitrogen and oxygen atoms in total. The second-order valence-electron chi connectivity index (χ2n) is 4.56. The average Bonchev–Trinajstić information content (AvgIpc) is 2.63. The van der Waals surface area contributed by atoms with E-state index in [9.17, 15) is 9.59 Å². The van der Waals surface area contributed by atoms with Gasteiger partial charge in [0.25, 0.3) is 0 Å². The van der Waals surface area contributed by atoms with E-state index in [-0.39, 0.29) is 17.7 Å². The minimum Gasteiger partial charge on any atom is -0.480 e. The molecule has 1 unspecified atom stereocenters. The molecule has 0 aromatic carbocycles. The number of hydrogen-bond donors (Lipinski definition) is 1. The molecule has 1 N–H and O–H groups in total. The summed E-state index contributed by atoms with van der Waals surface area (Å²) in [5.74, 6) is -0.732. The highest BCUT2D eigenvalue weighted by molar-refractivity contribution is 5.85. The number of aliphatic carboxylic acids is 1. The normalized spacial score (nSPS) is 23.2. The Morgan fingerprint density at radius 1 is 1.33 bits per heavy atom. The van der Waals surface area contributed by atoms with Gasteiger partial charge in [-0.25, -0.2) is 4.79 Å². The highest BCUT2D eigenvalue weighted by Crippen LogP contribution is 2.22. The molecule has 0 saturated carbocycles. The topological polar surface area (TPSA) is 57.6 Å². The van der Waals surface area contributed by atoms with Gasteiger partial charge in [0.15, 0.2) is 0 Å². The van der Waals surface area contributed by atoms with Crippen LogP contribution in [0.25, 0.3) is 0 Å². The number of carbonyl (C=O) groups excluding carboxylic acids is 1. The van der Waals surface area contributed by atoms with Crippen molar-refractivity contribution < 1.29 is 14.7 Å².